The maximum absolute atomic E-state index is 12.2. The third-order valence-electron chi connectivity index (χ3n) is 6.71. The Bertz CT molecular complexity index is 1230. The predicted octanol–water partition coefficient (Wildman–Crippen LogP) is 3.45. The van der Waals surface area contributed by atoms with Crippen LogP contribution in [0.25, 0.3) is 0 Å². The molecule has 0 amide bonds. The van der Waals surface area contributed by atoms with Crippen LogP contribution in [0.5, 0.6) is 0 Å². The van der Waals surface area contributed by atoms with Gasteiger partial charge in [0.05, 0.1) is 18.2 Å². The van der Waals surface area contributed by atoms with Crippen molar-refractivity contribution in [1.82, 2.24) is 19.3 Å². The molecule has 1 saturated carbocycles. The summed E-state index contributed by atoms with van der Waals surface area (Å²) in [6, 6.07) is 9.07. The van der Waals surface area contributed by atoms with Crippen LogP contribution in [0.3, 0.4) is 0 Å². The number of anilines is 1. The second kappa shape index (κ2) is 9.83. The molecule has 0 radical (unpaired) electrons. The summed E-state index contributed by atoms with van der Waals surface area (Å²) in [5.74, 6) is 0.684. The van der Waals surface area contributed by atoms with E-state index in [1.807, 2.05) is 18.5 Å². The summed E-state index contributed by atoms with van der Waals surface area (Å²) in [6.07, 6.45) is 10.7. The van der Waals surface area contributed by atoms with Crippen LogP contribution in [-0.2, 0) is 30.6 Å². The Hall–Kier alpha value is -3.42. The molecule has 34 heavy (non-hydrogen) atoms. The summed E-state index contributed by atoms with van der Waals surface area (Å²) in [5, 5.41) is 17.6. The van der Waals surface area contributed by atoms with Crippen molar-refractivity contribution in [2.24, 2.45) is 5.92 Å². The average Bonchev–Trinajstić information content (AvgIpc) is 3.53. The summed E-state index contributed by atoms with van der Waals surface area (Å²) in [7, 11) is 0. The number of carboxylic acid groups (broad SMARTS) is 1. The highest BCUT2D eigenvalue weighted by Gasteiger charge is 2.24. The number of aromatic nitrogens is 4. The Balaban J connectivity index is 1.26. The molecule has 3 aromatic rings. The molecule has 2 N–H and O–H groups in total. The van der Waals surface area contributed by atoms with Crippen LogP contribution in [0.2, 0.25) is 0 Å². The zero-order chi connectivity index (χ0) is 23.5. The van der Waals surface area contributed by atoms with E-state index in [0.29, 0.717) is 12.5 Å². The van der Waals surface area contributed by atoms with Gasteiger partial charge in [0, 0.05) is 37.2 Å². The molecule has 1 unspecified atom stereocenters. The highest BCUT2D eigenvalue weighted by atomic mass is 16.4. The van der Waals surface area contributed by atoms with E-state index in [2.05, 4.69) is 17.4 Å². The number of aryl methyl sites for hydroxylation is 3. The molecule has 0 aromatic carbocycles. The van der Waals surface area contributed by atoms with Crippen LogP contribution in [0.1, 0.15) is 60.7 Å². The van der Waals surface area contributed by atoms with Crippen LogP contribution in [0, 0.1) is 5.92 Å². The first-order valence-corrected chi connectivity index (χ1v) is 12.2. The Labute approximate surface area is 198 Å². The Morgan fingerprint density at radius 2 is 2.00 bits per heavy atom. The minimum atomic E-state index is -0.894. The number of pyridine rings is 2. The van der Waals surface area contributed by atoms with Gasteiger partial charge in [-0.05, 0) is 80.2 Å². The molecule has 5 rings (SSSR count). The van der Waals surface area contributed by atoms with Crippen LogP contribution in [0.4, 0.5) is 5.82 Å². The molecule has 0 saturated heterocycles. The maximum atomic E-state index is 12.2. The largest absolute Gasteiger partial charge is 0.481 e. The van der Waals surface area contributed by atoms with Gasteiger partial charge in [0.25, 0.3) is 5.56 Å². The van der Waals surface area contributed by atoms with Gasteiger partial charge in [-0.3, -0.25) is 14.3 Å². The zero-order valence-corrected chi connectivity index (χ0v) is 19.3. The molecule has 178 valence electrons. The van der Waals surface area contributed by atoms with E-state index in [1.165, 1.54) is 11.6 Å². The lowest BCUT2D eigenvalue weighted by Crippen LogP contribution is -2.23. The van der Waals surface area contributed by atoms with Gasteiger partial charge in [0.15, 0.2) is 0 Å². The number of carboxylic acids is 1. The number of aliphatic carboxylic acids is 1. The van der Waals surface area contributed by atoms with Crippen molar-refractivity contribution in [3.63, 3.8) is 0 Å². The third-order valence-corrected chi connectivity index (χ3v) is 6.71. The zero-order valence-electron chi connectivity index (χ0n) is 19.3. The van der Waals surface area contributed by atoms with E-state index >= 15 is 0 Å². The van der Waals surface area contributed by atoms with Crippen LogP contribution in [-0.4, -0.2) is 37.0 Å². The molecular formula is C26H31N5O3. The molecule has 8 heteroatoms. The van der Waals surface area contributed by atoms with Crippen LogP contribution in [0.15, 0.2) is 47.5 Å². The number of nitrogens with zero attached hydrogens (tertiary/aromatic N) is 4. The van der Waals surface area contributed by atoms with Gasteiger partial charge in [-0.15, -0.1) is 0 Å². The molecule has 1 aliphatic carbocycles. The molecule has 1 fully saturated rings. The fourth-order valence-corrected chi connectivity index (χ4v) is 4.64. The molecule has 8 nitrogen and oxygen atoms in total. The van der Waals surface area contributed by atoms with Gasteiger partial charge < -0.3 is 15.0 Å². The number of carbonyl (C=O) groups is 1. The van der Waals surface area contributed by atoms with Crippen LogP contribution < -0.4 is 10.9 Å². The molecule has 4 heterocycles. The maximum Gasteiger partial charge on any atom is 0.305 e. The minimum Gasteiger partial charge on any atom is -0.481 e. The fourth-order valence-electron chi connectivity index (χ4n) is 4.64. The number of fused-ring (bicyclic) bond motifs is 1. The van der Waals surface area contributed by atoms with Gasteiger partial charge in [-0.1, -0.05) is 6.07 Å². The standard InChI is InChI=1S/C26H31N5O3/c32-24-11-9-20(17-30(24)16-18-6-7-18)23(15-25(33)34)31-14-12-22(29-31)5-1-4-21-10-8-19-3-2-13-27-26(19)28-21/h8-12,14,17-18,23H,1-7,13,15-16H2,(H,27,28)(H,33,34). The summed E-state index contributed by atoms with van der Waals surface area (Å²) in [4.78, 5) is 28.6. The molecule has 0 bridgehead atoms. The first-order valence-electron chi connectivity index (χ1n) is 12.2. The first-order chi connectivity index (χ1) is 16.5. The van der Waals surface area contributed by atoms with E-state index in [4.69, 9.17) is 10.1 Å². The topological polar surface area (TPSA) is 102 Å². The van der Waals surface area contributed by atoms with Crippen molar-refractivity contribution in [2.45, 2.75) is 64.0 Å². The van der Waals surface area contributed by atoms with Crippen molar-refractivity contribution >= 4 is 11.8 Å². The lowest BCUT2D eigenvalue weighted by Gasteiger charge is -2.18. The van der Waals surface area contributed by atoms with Gasteiger partial charge in [0.1, 0.15) is 5.82 Å². The minimum absolute atomic E-state index is 0.0446. The quantitative estimate of drug-likeness (QED) is 0.480. The number of hydrogen-bond donors (Lipinski definition) is 2. The van der Waals surface area contributed by atoms with Crippen molar-refractivity contribution in [1.29, 1.82) is 0 Å². The second-order valence-electron chi connectivity index (χ2n) is 9.49. The Kier molecular flexibility index (Phi) is 6.47. The summed E-state index contributed by atoms with van der Waals surface area (Å²) < 4.78 is 3.44. The van der Waals surface area contributed by atoms with E-state index < -0.39 is 12.0 Å². The molecule has 1 aliphatic heterocycles. The third kappa shape index (κ3) is 5.38. The van der Waals surface area contributed by atoms with Gasteiger partial charge in [-0.2, -0.15) is 5.10 Å². The van der Waals surface area contributed by atoms with E-state index in [0.717, 1.165) is 74.3 Å². The molecule has 2 aliphatic rings. The Morgan fingerprint density at radius 1 is 1.15 bits per heavy atom. The van der Waals surface area contributed by atoms with Crippen molar-refractivity contribution < 1.29 is 9.90 Å². The fraction of sp³-hybridized carbons (Fsp3) is 0.462. The monoisotopic (exact) mass is 461 g/mol. The lowest BCUT2D eigenvalue weighted by atomic mass is 10.1. The average molecular weight is 462 g/mol. The Morgan fingerprint density at radius 3 is 2.82 bits per heavy atom. The number of hydrogen-bond acceptors (Lipinski definition) is 5. The highest BCUT2D eigenvalue weighted by molar-refractivity contribution is 5.68. The van der Waals surface area contributed by atoms with Crippen molar-refractivity contribution in [2.75, 3.05) is 11.9 Å². The molecule has 1 atom stereocenters. The van der Waals surface area contributed by atoms with Crippen LogP contribution >= 0.6 is 0 Å². The van der Waals surface area contributed by atoms with Gasteiger partial charge >= 0.3 is 5.97 Å². The molecule has 3 aromatic heterocycles. The van der Waals surface area contributed by atoms with E-state index in [-0.39, 0.29) is 12.0 Å². The SMILES string of the molecule is O=C(O)CC(c1ccc(=O)n(CC2CC2)c1)n1ccc(CCCc2ccc3c(n2)NCCC3)n1. The summed E-state index contributed by atoms with van der Waals surface area (Å²) in [6.45, 7) is 1.68. The first kappa shape index (κ1) is 22.4. The lowest BCUT2D eigenvalue weighted by molar-refractivity contribution is -0.137. The summed E-state index contributed by atoms with van der Waals surface area (Å²) in [5.41, 5.74) is 4.05. The smallest absolute Gasteiger partial charge is 0.305 e. The predicted molar refractivity (Wildman–Crippen MR) is 129 cm³/mol. The van der Waals surface area contributed by atoms with Crippen molar-refractivity contribution in [3.8, 4) is 0 Å². The van der Waals surface area contributed by atoms with Gasteiger partial charge in [0.2, 0.25) is 0 Å². The molecular weight excluding hydrogens is 430 g/mol. The number of rotatable bonds is 10. The highest BCUT2D eigenvalue weighted by Crippen LogP contribution is 2.30. The normalized spacial score (nSPS) is 16.0. The van der Waals surface area contributed by atoms with Gasteiger partial charge in [-0.25, -0.2) is 4.98 Å². The van der Waals surface area contributed by atoms with E-state index in [1.54, 1.807) is 15.3 Å². The second-order valence-corrected chi connectivity index (χ2v) is 9.49. The molecule has 0 spiro atoms. The van der Waals surface area contributed by atoms with Crippen molar-refractivity contribution in [3.05, 3.63) is 75.6 Å². The number of nitrogens with one attached hydrogen (secondary N) is 1. The summed E-state index contributed by atoms with van der Waals surface area (Å²) >= 11 is 0. The van der Waals surface area contributed by atoms with E-state index in [9.17, 15) is 14.7 Å².